The van der Waals surface area contributed by atoms with Crippen molar-refractivity contribution in [3.05, 3.63) is 149 Å². The Hall–Kier alpha value is -5.41. The molecule has 8 aromatic rings. The van der Waals surface area contributed by atoms with Crippen molar-refractivity contribution in [1.82, 2.24) is 4.57 Å². The largest absolute Gasteiger partial charge is 0.456 e. The minimum absolute atomic E-state index is 0.0178. The minimum atomic E-state index is -0.141. The van der Waals surface area contributed by atoms with Gasteiger partial charge in [0.2, 0.25) is 5.43 Å². The van der Waals surface area contributed by atoms with E-state index in [-0.39, 0.29) is 10.8 Å². The molecule has 1 aliphatic carbocycles. The summed E-state index contributed by atoms with van der Waals surface area (Å²) in [6, 6.07) is 43.8. The number of aromatic nitrogens is 1. The van der Waals surface area contributed by atoms with E-state index in [1.165, 1.54) is 33.0 Å². The van der Waals surface area contributed by atoms with Crippen LogP contribution in [-0.4, -0.2) is 4.57 Å². The zero-order chi connectivity index (χ0) is 28.9. The van der Waals surface area contributed by atoms with E-state index in [2.05, 4.69) is 85.1 Å². The van der Waals surface area contributed by atoms with Gasteiger partial charge >= 0.3 is 0 Å². The predicted octanol–water partition coefficient (Wildman–Crippen LogP) is 10.0. The van der Waals surface area contributed by atoms with Gasteiger partial charge in [-0.25, -0.2) is 0 Å². The van der Waals surface area contributed by atoms with Gasteiger partial charge in [0.15, 0.2) is 0 Å². The summed E-state index contributed by atoms with van der Waals surface area (Å²) in [5.41, 5.74) is 11.4. The van der Waals surface area contributed by atoms with Crippen LogP contribution in [0.25, 0.3) is 71.7 Å². The normalized spacial score (nSPS) is 13.6. The van der Waals surface area contributed by atoms with Gasteiger partial charge in [0, 0.05) is 21.9 Å². The zero-order valence-corrected chi connectivity index (χ0v) is 23.9. The molecule has 0 unspecified atom stereocenters. The highest BCUT2D eigenvalue weighted by atomic mass is 16.3. The molecule has 2 heterocycles. The van der Waals surface area contributed by atoms with Crippen molar-refractivity contribution in [2.45, 2.75) is 19.3 Å². The average Bonchev–Trinajstić information content (AvgIpc) is 3.50. The number of hydrogen-bond acceptors (Lipinski definition) is 2. The van der Waals surface area contributed by atoms with Crippen LogP contribution < -0.4 is 5.43 Å². The maximum absolute atomic E-state index is 14.2. The summed E-state index contributed by atoms with van der Waals surface area (Å²) in [6.45, 7) is 4.67. The fourth-order valence-electron chi connectivity index (χ4n) is 7.50. The molecule has 0 amide bonds. The summed E-state index contributed by atoms with van der Waals surface area (Å²) in [4.78, 5) is 14.2. The lowest BCUT2D eigenvalue weighted by Gasteiger charge is -2.22. The zero-order valence-electron chi connectivity index (χ0n) is 23.9. The van der Waals surface area contributed by atoms with Gasteiger partial charge in [-0.2, -0.15) is 0 Å². The van der Waals surface area contributed by atoms with Crippen LogP contribution in [-0.2, 0) is 5.41 Å². The number of nitrogens with zero attached hydrogens (tertiary/aromatic N) is 1. The van der Waals surface area contributed by atoms with Crippen molar-refractivity contribution >= 4 is 43.7 Å². The van der Waals surface area contributed by atoms with Gasteiger partial charge in [0.25, 0.3) is 0 Å². The van der Waals surface area contributed by atoms with Crippen LogP contribution in [0.1, 0.15) is 25.0 Å². The molecular formula is C40H27NO2. The topological polar surface area (TPSA) is 35.1 Å². The number of benzene rings is 6. The summed E-state index contributed by atoms with van der Waals surface area (Å²) in [5, 5.41) is 3.67. The lowest BCUT2D eigenvalue weighted by atomic mass is 9.80. The third-order valence-corrected chi connectivity index (χ3v) is 9.38. The first kappa shape index (κ1) is 24.2. The smallest absolute Gasteiger partial charge is 0.201 e. The molecule has 0 atom stereocenters. The Labute approximate surface area is 248 Å². The Kier molecular flexibility index (Phi) is 4.82. The highest BCUT2D eigenvalue weighted by Gasteiger charge is 2.38. The minimum Gasteiger partial charge on any atom is -0.456 e. The number of para-hydroxylation sites is 1. The molecule has 0 aliphatic heterocycles. The van der Waals surface area contributed by atoms with Gasteiger partial charge in [-0.05, 0) is 69.8 Å². The van der Waals surface area contributed by atoms with Crippen LogP contribution in [0.5, 0.6) is 0 Å². The van der Waals surface area contributed by atoms with Crippen LogP contribution >= 0.6 is 0 Å². The molecule has 0 bridgehead atoms. The van der Waals surface area contributed by atoms with Crippen LogP contribution in [0, 0.1) is 0 Å². The Morgan fingerprint density at radius 1 is 0.581 bits per heavy atom. The van der Waals surface area contributed by atoms with E-state index in [9.17, 15) is 4.79 Å². The maximum Gasteiger partial charge on any atom is 0.201 e. The number of hydrogen-bond donors (Lipinski definition) is 0. The molecule has 0 fully saturated rings. The van der Waals surface area contributed by atoms with Crippen molar-refractivity contribution in [3.8, 4) is 27.9 Å². The molecule has 0 saturated carbocycles. The Morgan fingerprint density at radius 2 is 1.35 bits per heavy atom. The highest BCUT2D eigenvalue weighted by Crippen LogP contribution is 2.53. The number of rotatable bonds is 2. The van der Waals surface area contributed by atoms with Gasteiger partial charge < -0.3 is 8.98 Å². The van der Waals surface area contributed by atoms with Crippen LogP contribution in [0.3, 0.4) is 0 Å². The van der Waals surface area contributed by atoms with Crippen LogP contribution in [0.4, 0.5) is 0 Å². The molecule has 204 valence electrons. The SMILES string of the molecule is CC1(C)c2ccccc2-c2ccc3c(c21)c1ccccc1n3-c1ccc2oc3cccc(-c4ccccc4)c3c(=O)c2c1. The van der Waals surface area contributed by atoms with Crippen LogP contribution in [0.2, 0.25) is 0 Å². The van der Waals surface area contributed by atoms with E-state index in [0.29, 0.717) is 21.9 Å². The number of fused-ring (bicyclic) bond motifs is 9. The van der Waals surface area contributed by atoms with Gasteiger partial charge in [0.1, 0.15) is 11.2 Å². The standard InChI is InChI=1S/C40H27NO2/c1-40(2)31-16-8-6-13-27(31)28-20-21-33-36(38(28)40)29-14-7-9-17-32(29)41(33)25-19-22-34-30(23-25)39(42)37-26(15-10-18-35(37)43-34)24-11-4-3-5-12-24/h3-23H,1-2H3. The van der Waals surface area contributed by atoms with E-state index in [1.807, 2.05) is 60.7 Å². The monoisotopic (exact) mass is 553 g/mol. The molecule has 3 nitrogen and oxygen atoms in total. The van der Waals surface area contributed by atoms with Crippen LogP contribution in [0.15, 0.2) is 137 Å². The molecule has 3 heteroatoms. The summed E-state index contributed by atoms with van der Waals surface area (Å²) >= 11 is 0. The van der Waals surface area contributed by atoms with E-state index in [4.69, 9.17) is 4.42 Å². The molecule has 6 aromatic carbocycles. The van der Waals surface area contributed by atoms with Gasteiger partial charge in [-0.1, -0.05) is 105 Å². The molecule has 0 spiro atoms. The predicted molar refractivity (Wildman–Crippen MR) is 177 cm³/mol. The summed E-state index contributed by atoms with van der Waals surface area (Å²) in [5.74, 6) is 0. The molecular weight excluding hydrogens is 526 g/mol. The molecule has 43 heavy (non-hydrogen) atoms. The Balaban J connectivity index is 1.35. The molecule has 0 saturated heterocycles. The van der Waals surface area contributed by atoms with Gasteiger partial charge in [0.05, 0.1) is 21.8 Å². The Bertz CT molecular complexity index is 2500. The molecule has 1 aliphatic rings. The molecule has 2 aromatic heterocycles. The van der Waals surface area contributed by atoms with E-state index in [1.54, 1.807) is 0 Å². The second-order valence-corrected chi connectivity index (χ2v) is 12.1. The summed E-state index contributed by atoms with van der Waals surface area (Å²) in [6.07, 6.45) is 0. The second kappa shape index (κ2) is 8.56. The molecule has 9 rings (SSSR count). The van der Waals surface area contributed by atoms with E-state index < -0.39 is 0 Å². The first-order valence-electron chi connectivity index (χ1n) is 14.7. The van der Waals surface area contributed by atoms with E-state index >= 15 is 0 Å². The van der Waals surface area contributed by atoms with Crippen molar-refractivity contribution in [2.24, 2.45) is 0 Å². The maximum atomic E-state index is 14.2. The van der Waals surface area contributed by atoms with E-state index in [0.717, 1.165) is 27.8 Å². The Morgan fingerprint density at radius 3 is 2.23 bits per heavy atom. The fourth-order valence-corrected chi connectivity index (χ4v) is 7.50. The van der Waals surface area contributed by atoms with Gasteiger partial charge in [-0.15, -0.1) is 0 Å². The quantitative estimate of drug-likeness (QED) is 0.200. The fraction of sp³-hybridized carbons (Fsp3) is 0.0750. The summed E-state index contributed by atoms with van der Waals surface area (Å²) in [7, 11) is 0. The lowest BCUT2D eigenvalue weighted by Crippen LogP contribution is -2.15. The van der Waals surface area contributed by atoms with Crippen molar-refractivity contribution in [3.63, 3.8) is 0 Å². The molecule has 0 radical (unpaired) electrons. The highest BCUT2D eigenvalue weighted by molar-refractivity contribution is 6.14. The van der Waals surface area contributed by atoms with Crippen molar-refractivity contribution < 1.29 is 4.42 Å². The average molecular weight is 554 g/mol. The van der Waals surface area contributed by atoms with Crippen molar-refractivity contribution in [2.75, 3.05) is 0 Å². The third-order valence-electron chi connectivity index (χ3n) is 9.38. The first-order chi connectivity index (χ1) is 21.0. The second-order valence-electron chi connectivity index (χ2n) is 12.1. The van der Waals surface area contributed by atoms with Crippen molar-refractivity contribution in [1.29, 1.82) is 0 Å². The van der Waals surface area contributed by atoms with Gasteiger partial charge in [-0.3, -0.25) is 4.79 Å². The molecule has 0 N–H and O–H groups in total. The lowest BCUT2D eigenvalue weighted by molar-refractivity contribution is 0.660. The summed E-state index contributed by atoms with van der Waals surface area (Å²) < 4.78 is 8.65. The third kappa shape index (κ3) is 3.22. The first-order valence-corrected chi connectivity index (χ1v) is 14.7.